The minimum Gasteiger partial charge on any atom is -0.482 e. The molecule has 0 radical (unpaired) electrons. The van der Waals surface area contributed by atoms with E-state index in [1.807, 2.05) is 4.40 Å². The van der Waals surface area contributed by atoms with E-state index in [1.54, 1.807) is 20.3 Å². The van der Waals surface area contributed by atoms with E-state index >= 15 is 0 Å². The van der Waals surface area contributed by atoms with E-state index in [-0.39, 0.29) is 0 Å². The smallest absolute Gasteiger partial charge is 0.240 e. The summed E-state index contributed by atoms with van der Waals surface area (Å²) in [5, 5.41) is 0. The first-order valence-electron chi connectivity index (χ1n) is 6.22. The predicted molar refractivity (Wildman–Crippen MR) is 67.3 cm³/mol. The highest BCUT2D eigenvalue weighted by molar-refractivity contribution is 5.44. The zero-order valence-corrected chi connectivity index (χ0v) is 10.9. The van der Waals surface area contributed by atoms with Crippen LogP contribution in [-0.2, 0) is 12.8 Å². The van der Waals surface area contributed by atoms with E-state index in [4.69, 9.17) is 9.47 Å². The van der Waals surface area contributed by atoms with E-state index in [0.29, 0.717) is 17.6 Å². The number of ether oxygens (including phenoxy) is 2. The third kappa shape index (κ3) is 1.62. The van der Waals surface area contributed by atoms with Gasteiger partial charge in [0, 0.05) is 0 Å². The SMILES string of the molecule is COc1cc(OC)n2c3c(nc2n1)CCC(C)C3. The molecule has 1 atom stereocenters. The van der Waals surface area contributed by atoms with Crippen LogP contribution >= 0.6 is 0 Å². The zero-order chi connectivity index (χ0) is 12.7. The molecule has 5 heteroatoms. The second kappa shape index (κ2) is 4.15. The average Bonchev–Trinajstić information content (AvgIpc) is 2.75. The Kier molecular flexibility index (Phi) is 2.61. The quantitative estimate of drug-likeness (QED) is 0.813. The molecule has 0 saturated carbocycles. The molecule has 3 rings (SSSR count). The van der Waals surface area contributed by atoms with Crippen LogP contribution < -0.4 is 9.47 Å². The lowest BCUT2D eigenvalue weighted by Gasteiger charge is -2.18. The van der Waals surface area contributed by atoms with Crippen LogP contribution in [0.1, 0.15) is 24.7 Å². The molecule has 0 aromatic carbocycles. The van der Waals surface area contributed by atoms with Gasteiger partial charge >= 0.3 is 0 Å². The maximum atomic E-state index is 5.43. The first-order valence-corrected chi connectivity index (χ1v) is 6.22. The molecule has 1 unspecified atom stereocenters. The standard InChI is InChI=1S/C13H17N3O2/c1-8-4-5-9-10(6-8)16-12(18-3)7-11(17-2)15-13(16)14-9/h7-8H,4-6H2,1-3H3. The number of hydrogen-bond acceptors (Lipinski definition) is 4. The number of rotatable bonds is 2. The van der Waals surface area contributed by atoms with Gasteiger partial charge < -0.3 is 9.47 Å². The van der Waals surface area contributed by atoms with E-state index in [9.17, 15) is 0 Å². The minimum atomic E-state index is 0.537. The number of aryl methyl sites for hydroxylation is 1. The Hall–Kier alpha value is -1.78. The molecule has 0 fully saturated rings. The van der Waals surface area contributed by atoms with Crippen LogP contribution in [0.15, 0.2) is 6.07 Å². The number of imidazole rings is 1. The second-order valence-electron chi connectivity index (χ2n) is 4.83. The summed E-state index contributed by atoms with van der Waals surface area (Å²) in [4.78, 5) is 8.98. The summed E-state index contributed by atoms with van der Waals surface area (Å²) in [6.07, 6.45) is 3.24. The summed E-state index contributed by atoms with van der Waals surface area (Å²) in [5.74, 6) is 2.63. The molecule has 2 heterocycles. The highest BCUT2D eigenvalue weighted by Gasteiger charge is 2.23. The van der Waals surface area contributed by atoms with Gasteiger partial charge in [0.2, 0.25) is 17.5 Å². The Morgan fingerprint density at radius 3 is 2.83 bits per heavy atom. The molecule has 0 spiro atoms. The second-order valence-corrected chi connectivity index (χ2v) is 4.83. The molecule has 0 N–H and O–H groups in total. The van der Waals surface area contributed by atoms with Gasteiger partial charge in [0.05, 0.1) is 31.7 Å². The molecule has 1 aliphatic carbocycles. The number of nitrogens with zero attached hydrogens (tertiary/aromatic N) is 3. The number of fused-ring (bicyclic) bond motifs is 3. The van der Waals surface area contributed by atoms with Gasteiger partial charge in [-0.05, 0) is 25.2 Å². The summed E-state index contributed by atoms with van der Waals surface area (Å²) < 4.78 is 12.6. The van der Waals surface area contributed by atoms with Gasteiger partial charge in [-0.25, -0.2) is 4.98 Å². The third-order valence-corrected chi connectivity index (χ3v) is 3.55. The predicted octanol–water partition coefficient (Wildman–Crippen LogP) is 1.87. The summed E-state index contributed by atoms with van der Waals surface area (Å²) in [6, 6.07) is 1.80. The lowest BCUT2D eigenvalue weighted by atomic mass is 9.91. The largest absolute Gasteiger partial charge is 0.482 e. The number of hydrogen-bond donors (Lipinski definition) is 0. The van der Waals surface area contributed by atoms with Crippen molar-refractivity contribution in [2.45, 2.75) is 26.2 Å². The molecular weight excluding hydrogens is 230 g/mol. The Balaban J connectivity index is 2.26. The Morgan fingerprint density at radius 1 is 1.28 bits per heavy atom. The van der Waals surface area contributed by atoms with Crippen molar-refractivity contribution in [1.82, 2.24) is 14.4 Å². The van der Waals surface area contributed by atoms with Crippen LogP contribution in [0.3, 0.4) is 0 Å². The normalized spacial score (nSPS) is 18.7. The van der Waals surface area contributed by atoms with Gasteiger partial charge in [-0.1, -0.05) is 6.92 Å². The molecule has 0 saturated heterocycles. The van der Waals surface area contributed by atoms with Crippen LogP contribution in [0.2, 0.25) is 0 Å². The van der Waals surface area contributed by atoms with Crippen LogP contribution in [-0.4, -0.2) is 28.6 Å². The fourth-order valence-corrected chi connectivity index (χ4v) is 2.57. The zero-order valence-electron chi connectivity index (χ0n) is 10.9. The summed E-state index contributed by atoms with van der Waals surface area (Å²) in [5.41, 5.74) is 2.38. The molecule has 5 nitrogen and oxygen atoms in total. The van der Waals surface area contributed by atoms with E-state index in [2.05, 4.69) is 16.9 Å². The molecule has 0 bridgehead atoms. The van der Waals surface area contributed by atoms with Crippen molar-refractivity contribution in [3.05, 3.63) is 17.5 Å². The van der Waals surface area contributed by atoms with Gasteiger partial charge in [0.25, 0.3) is 0 Å². The van der Waals surface area contributed by atoms with Crippen LogP contribution in [0, 0.1) is 5.92 Å². The van der Waals surface area contributed by atoms with E-state index in [1.165, 1.54) is 12.1 Å². The highest BCUT2D eigenvalue weighted by atomic mass is 16.5. The highest BCUT2D eigenvalue weighted by Crippen LogP contribution is 2.30. The summed E-state index contributed by atoms with van der Waals surface area (Å²) >= 11 is 0. The van der Waals surface area contributed by atoms with Crippen LogP contribution in [0.25, 0.3) is 5.78 Å². The van der Waals surface area contributed by atoms with Crippen molar-refractivity contribution in [3.63, 3.8) is 0 Å². The monoisotopic (exact) mass is 247 g/mol. The summed E-state index contributed by atoms with van der Waals surface area (Å²) in [7, 11) is 3.26. The van der Waals surface area contributed by atoms with Crippen molar-refractivity contribution in [1.29, 1.82) is 0 Å². The van der Waals surface area contributed by atoms with Gasteiger partial charge in [0.15, 0.2) is 0 Å². The fraction of sp³-hybridized carbons (Fsp3) is 0.538. The maximum Gasteiger partial charge on any atom is 0.240 e. The maximum absolute atomic E-state index is 5.43. The van der Waals surface area contributed by atoms with Crippen molar-refractivity contribution >= 4 is 5.78 Å². The van der Waals surface area contributed by atoms with Crippen LogP contribution in [0.4, 0.5) is 0 Å². The molecule has 1 aliphatic rings. The van der Waals surface area contributed by atoms with Gasteiger partial charge in [-0.3, -0.25) is 4.40 Å². The minimum absolute atomic E-state index is 0.537. The molecule has 18 heavy (non-hydrogen) atoms. The van der Waals surface area contributed by atoms with Crippen molar-refractivity contribution in [3.8, 4) is 11.8 Å². The molecular formula is C13H17N3O2. The topological polar surface area (TPSA) is 48.7 Å². The van der Waals surface area contributed by atoms with Crippen LogP contribution in [0.5, 0.6) is 11.8 Å². The van der Waals surface area contributed by atoms with E-state index < -0.39 is 0 Å². The lowest BCUT2D eigenvalue weighted by molar-refractivity contribution is 0.366. The molecule has 2 aromatic heterocycles. The molecule has 96 valence electrons. The molecule has 0 aliphatic heterocycles. The number of methoxy groups -OCH3 is 2. The van der Waals surface area contributed by atoms with Gasteiger partial charge in [-0.2, -0.15) is 4.98 Å². The van der Waals surface area contributed by atoms with Crippen molar-refractivity contribution < 1.29 is 9.47 Å². The van der Waals surface area contributed by atoms with Crippen molar-refractivity contribution in [2.24, 2.45) is 5.92 Å². The van der Waals surface area contributed by atoms with Gasteiger partial charge in [-0.15, -0.1) is 0 Å². The Morgan fingerprint density at radius 2 is 2.11 bits per heavy atom. The molecule has 0 amide bonds. The summed E-state index contributed by atoms with van der Waals surface area (Å²) in [6.45, 7) is 2.27. The molecule has 2 aromatic rings. The first kappa shape index (κ1) is 11.3. The number of aromatic nitrogens is 3. The van der Waals surface area contributed by atoms with E-state index in [0.717, 1.165) is 24.4 Å². The average molecular weight is 247 g/mol. The first-order chi connectivity index (χ1) is 8.72. The van der Waals surface area contributed by atoms with Crippen molar-refractivity contribution in [2.75, 3.05) is 14.2 Å². The fourth-order valence-electron chi connectivity index (χ4n) is 2.57. The van der Waals surface area contributed by atoms with Gasteiger partial charge in [0.1, 0.15) is 0 Å². The third-order valence-electron chi connectivity index (χ3n) is 3.55. The lowest BCUT2D eigenvalue weighted by Crippen LogP contribution is -2.13. The Bertz CT molecular complexity index is 591. The Labute approximate surface area is 106 Å².